The van der Waals surface area contributed by atoms with Crippen LogP contribution in [0.25, 0.3) is 27.8 Å². The molecule has 0 saturated carbocycles. The summed E-state index contributed by atoms with van der Waals surface area (Å²) in [6, 6.07) is 13.6. The van der Waals surface area contributed by atoms with E-state index in [-0.39, 0.29) is 6.03 Å². The molecule has 0 aliphatic heterocycles. The van der Waals surface area contributed by atoms with Crippen LogP contribution in [0.15, 0.2) is 61.1 Å². The van der Waals surface area contributed by atoms with Gasteiger partial charge in [0.15, 0.2) is 5.65 Å². The first-order valence-electron chi connectivity index (χ1n) is 9.07. The third-order valence-corrected chi connectivity index (χ3v) is 4.74. The molecule has 0 radical (unpaired) electrons. The van der Waals surface area contributed by atoms with Gasteiger partial charge >= 0.3 is 6.03 Å². The summed E-state index contributed by atoms with van der Waals surface area (Å²) in [5.41, 5.74) is 4.29. The Balaban J connectivity index is 1.56. The summed E-state index contributed by atoms with van der Waals surface area (Å²) in [5, 5.41) is 15.5. The first-order chi connectivity index (χ1) is 14.1. The second kappa shape index (κ2) is 6.48. The fraction of sp³-hybridized carbons (Fsp3) is 0.100. The van der Waals surface area contributed by atoms with Crippen LogP contribution in [0.2, 0.25) is 0 Å². The largest absolute Gasteiger partial charge is 0.340 e. The lowest BCUT2D eigenvalue weighted by Gasteiger charge is -2.06. The number of hydrogen-bond acceptors (Lipinski definition) is 5. The van der Waals surface area contributed by atoms with Crippen LogP contribution < -0.4 is 10.6 Å². The van der Waals surface area contributed by atoms with Gasteiger partial charge in [-0.15, -0.1) is 5.10 Å². The second-order valence-corrected chi connectivity index (χ2v) is 6.66. The van der Waals surface area contributed by atoms with Gasteiger partial charge in [0.05, 0.1) is 23.1 Å². The highest BCUT2D eigenvalue weighted by molar-refractivity contribution is 5.93. The number of fused-ring (bicyclic) bond motifs is 2. The SMILES string of the molecule is CNC(=O)n1ccc2cc(-c3cccc4nc(Nc5cnn(C)c5)nn34)ccc21. The van der Waals surface area contributed by atoms with Gasteiger partial charge in [-0.1, -0.05) is 12.1 Å². The molecule has 0 spiro atoms. The van der Waals surface area contributed by atoms with E-state index >= 15 is 0 Å². The van der Waals surface area contributed by atoms with Crippen LogP contribution in [0.5, 0.6) is 0 Å². The number of anilines is 2. The Morgan fingerprint density at radius 1 is 1.14 bits per heavy atom. The van der Waals surface area contributed by atoms with Crippen LogP contribution in [0.1, 0.15) is 0 Å². The molecule has 2 N–H and O–H groups in total. The Labute approximate surface area is 165 Å². The lowest BCUT2D eigenvalue weighted by Crippen LogP contribution is -2.23. The van der Waals surface area contributed by atoms with Crippen molar-refractivity contribution in [2.75, 3.05) is 12.4 Å². The fourth-order valence-electron chi connectivity index (χ4n) is 3.39. The summed E-state index contributed by atoms with van der Waals surface area (Å²) < 4.78 is 5.10. The first-order valence-corrected chi connectivity index (χ1v) is 9.07. The number of hydrogen-bond donors (Lipinski definition) is 2. The number of rotatable bonds is 3. The molecule has 0 fully saturated rings. The zero-order valence-electron chi connectivity index (χ0n) is 15.9. The van der Waals surface area contributed by atoms with E-state index in [4.69, 9.17) is 0 Å². The lowest BCUT2D eigenvalue weighted by molar-refractivity contribution is 0.245. The zero-order valence-corrected chi connectivity index (χ0v) is 15.9. The van der Waals surface area contributed by atoms with Gasteiger partial charge in [0.1, 0.15) is 0 Å². The molecule has 0 unspecified atom stereocenters. The molecule has 4 aromatic heterocycles. The van der Waals surface area contributed by atoms with Gasteiger partial charge < -0.3 is 10.6 Å². The number of benzene rings is 1. The Kier molecular flexibility index (Phi) is 3.80. The van der Waals surface area contributed by atoms with Crippen molar-refractivity contribution >= 4 is 34.2 Å². The molecule has 5 aromatic rings. The number of aryl methyl sites for hydroxylation is 1. The molecule has 9 heteroatoms. The minimum Gasteiger partial charge on any atom is -0.340 e. The summed E-state index contributed by atoms with van der Waals surface area (Å²) >= 11 is 0. The molecule has 144 valence electrons. The number of nitrogens with zero attached hydrogens (tertiary/aromatic N) is 6. The van der Waals surface area contributed by atoms with Crippen LogP contribution in [0.3, 0.4) is 0 Å². The smallest absolute Gasteiger partial charge is 0.325 e. The quantitative estimate of drug-likeness (QED) is 0.497. The van der Waals surface area contributed by atoms with Gasteiger partial charge in [-0.3, -0.25) is 9.25 Å². The topological polar surface area (TPSA) is 94.1 Å². The van der Waals surface area contributed by atoms with Crippen LogP contribution in [0.4, 0.5) is 16.4 Å². The molecule has 0 atom stereocenters. The third kappa shape index (κ3) is 2.89. The summed E-state index contributed by atoms with van der Waals surface area (Å²) in [4.78, 5) is 16.5. The van der Waals surface area contributed by atoms with Crippen molar-refractivity contribution in [1.82, 2.24) is 34.3 Å². The molecular weight excluding hydrogens is 368 g/mol. The minimum atomic E-state index is -0.169. The number of amides is 1. The Morgan fingerprint density at radius 3 is 2.83 bits per heavy atom. The molecular formula is C20H18N8O. The summed E-state index contributed by atoms with van der Waals surface area (Å²) in [5.74, 6) is 0.497. The molecule has 0 bridgehead atoms. The van der Waals surface area contributed by atoms with E-state index in [0.29, 0.717) is 5.95 Å². The van der Waals surface area contributed by atoms with Gasteiger partial charge in [-0.05, 0) is 30.3 Å². The summed E-state index contributed by atoms with van der Waals surface area (Å²) in [6.07, 6.45) is 5.34. The van der Waals surface area contributed by atoms with Crippen molar-refractivity contribution in [3.05, 3.63) is 61.1 Å². The van der Waals surface area contributed by atoms with Crippen LogP contribution >= 0.6 is 0 Å². The average Bonchev–Trinajstić information content (AvgIpc) is 3.44. The standard InChI is InChI=1S/C20H18N8O/c1-21-20(29)27-9-8-14-10-13(6-7-16(14)27)17-4-3-5-18-24-19(25-28(17)18)23-15-11-22-26(2)12-15/h3-12H,1-2H3,(H,21,29)(H,23,25). The van der Waals surface area contributed by atoms with Crippen molar-refractivity contribution in [3.63, 3.8) is 0 Å². The van der Waals surface area contributed by atoms with Gasteiger partial charge in [0.25, 0.3) is 0 Å². The van der Waals surface area contributed by atoms with Crippen molar-refractivity contribution in [2.45, 2.75) is 0 Å². The molecule has 4 heterocycles. The summed E-state index contributed by atoms with van der Waals surface area (Å²) in [7, 11) is 3.47. The molecule has 0 aliphatic rings. The number of aromatic nitrogens is 6. The molecule has 5 rings (SSSR count). The molecule has 29 heavy (non-hydrogen) atoms. The Morgan fingerprint density at radius 2 is 2.03 bits per heavy atom. The number of pyridine rings is 1. The molecule has 1 amide bonds. The van der Waals surface area contributed by atoms with Crippen molar-refractivity contribution < 1.29 is 4.79 Å². The highest BCUT2D eigenvalue weighted by Crippen LogP contribution is 2.26. The van der Waals surface area contributed by atoms with E-state index in [2.05, 4.69) is 25.8 Å². The van der Waals surface area contributed by atoms with Crippen molar-refractivity contribution in [3.8, 4) is 11.3 Å². The Hall–Kier alpha value is -4.14. The maximum Gasteiger partial charge on any atom is 0.325 e. The summed E-state index contributed by atoms with van der Waals surface area (Å²) in [6.45, 7) is 0. The van der Waals surface area contributed by atoms with Crippen LogP contribution in [0, 0.1) is 0 Å². The fourth-order valence-corrected chi connectivity index (χ4v) is 3.39. The molecule has 0 saturated heterocycles. The maximum absolute atomic E-state index is 12.0. The number of carbonyl (C=O) groups excluding carboxylic acids is 1. The van der Waals surface area contributed by atoms with E-state index in [1.165, 1.54) is 0 Å². The number of carbonyl (C=O) groups is 1. The predicted octanol–water partition coefficient (Wildman–Crippen LogP) is 3.02. The monoisotopic (exact) mass is 386 g/mol. The molecule has 9 nitrogen and oxygen atoms in total. The van der Waals surface area contributed by atoms with Gasteiger partial charge in [0.2, 0.25) is 5.95 Å². The normalized spacial score (nSPS) is 11.2. The lowest BCUT2D eigenvalue weighted by atomic mass is 10.1. The van der Waals surface area contributed by atoms with Gasteiger partial charge in [-0.2, -0.15) is 10.1 Å². The van der Waals surface area contributed by atoms with Crippen LogP contribution in [-0.4, -0.2) is 42.0 Å². The second-order valence-electron chi connectivity index (χ2n) is 6.66. The van der Waals surface area contributed by atoms with E-state index in [0.717, 1.165) is 33.5 Å². The van der Waals surface area contributed by atoms with Gasteiger partial charge in [0, 0.05) is 37.4 Å². The highest BCUT2D eigenvalue weighted by atomic mass is 16.2. The van der Waals surface area contributed by atoms with Crippen molar-refractivity contribution in [2.24, 2.45) is 7.05 Å². The highest BCUT2D eigenvalue weighted by Gasteiger charge is 2.12. The van der Waals surface area contributed by atoms with E-state index in [9.17, 15) is 4.79 Å². The van der Waals surface area contributed by atoms with Crippen LogP contribution in [-0.2, 0) is 7.05 Å². The van der Waals surface area contributed by atoms with Gasteiger partial charge in [-0.25, -0.2) is 9.31 Å². The van der Waals surface area contributed by atoms with Crippen molar-refractivity contribution in [1.29, 1.82) is 0 Å². The first kappa shape index (κ1) is 17.0. The average molecular weight is 386 g/mol. The third-order valence-electron chi connectivity index (χ3n) is 4.74. The molecule has 0 aliphatic carbocycles. The predicted molar refractivity (Wildman–Crippen MR) is 110 cm³/mol. The zero-order chi connectivity index (χ0) is 20.0. The van der Waals surface area contributed by atoms with E-state index < -0.39 is 0 Å². The maximum atomic E-state index is 12.0. The van der Waals surface area contributed by atoms with E-state index in [1.807, 2.05) is 55.7 Å². The number of nitrogens with one attached hydrogen (secondary N) is 2. The Bertz CT molecular complexity index is 1360. The van der Waals surface area contributed by atoms with E-state index in [1.54, 1.807) is 33.2 Å². The molecule has 1 aromatic carbocycles. The minimum absolute atomic E-state index is 0.169.